The van der Waals surface area contributed by atoms with Gasteiger partial charge in [0.1, 0.15) is 0 Å². The summed E-state index contributed by atoms with van der Waals surface area (Å²) in [5.41, 5.74) is 6.12. The quantitative estimate of drug-likeness (QED) is 0.545. The largest absolute Gasteiger partial charge is 0.396 e. The number of nitrogens with one attached hydrogen (secondary N) is 1. The number of likely N-dealkylation sites (tertiary alicyclic amines) is 1. The average Bonchev–Trinajstić information content (AvgIpc) is 2.39. The molecule has 1 rings (SSSR count). The van der Waals surface area contributed by atoms with Crippen molar-refractivity contribution in [2.24, 2.45) is 5.73 Å². The number of nitrogens with two attached hydrogens (primary N) is 1. The van der Waals surface area contributed by atoms with Gasteiger partial charge in [0.25, 0.3) is 0 Å². The van der Waals surface area contributed by atoms with E-state index in [0.29, 0.717) is 6.61 Å². The van der Waals surface area contributed by atoms with E-state index in [2.05, 4.69) is 17.1 Å². The first-order valence-electron chi connectivity index (χ1n) is 7.04. The number of hydrogen-bond donors (Lipinski definition) is 3. The molecular formula is C13H29N3O. The highest BCUT2D eigenvalue weighted by molar-refractivity contribution is 4.93. The summed E-state index contributed by atoms with van der Waals surface area (Å²) in [6.45, 7) is 7.78. The third kappa shape index (κ3) is 4.92. The van der Waals surface area contributed by atoms with E-state index < -0.39 is 0 Å². The predicted molar refractivity (Wildman–Crippen MR) is 72.1 cm³/mol. The first-order chi connectivity index (χ1) is 8.26. The first kappa shape index (κ1) is 14.9. The third-order valence-electron chi connectivity index (χ3n) is 3.99. The SMILES string of the molecule is CCN1CCC(CN)(NCCCCCO)CC1. The summed E-state index contributed by atoms with van der Waals surface area (Å²) >= 11 is 0. The lowest BCUT2D eigenvalue weighted by atomic mass is 9.87. The second-order valence-corrected chi connectivity index (χ2v) is 5.13. The number of unbranched alkanes of at least 4 members (excludes halogenated alkanes) is 2. The number of rotatable bonds is 8. The number of piperidine rings is 1. The number of nitrogens with zero attached hydrogens (tertiary/aromatic N) is 1. The van der Waals surface area contributed by atoms with Gasteiger partial charge in [-0.1, -0.05) is 6.92 Å². The Morgan fingerprint density at radius 2 is 1.94 bits per heavy atom. The molecule has 0 spiro atoms. The fourth-order valence-corrected chi connectivity index (χ4v) is 2.52. The van der Waals surface area contributed by atoms with E-state index in [1.54, 1.807) is 0 Å². The monoisotopic (exact) mass is 243 g/mol. The van der Waals surface area contributed by atoms with Gasteiger partial charge in [-0.05, 0) is 58.3 Å². The van der Waals surface area contributed by atoms with Crippen molar-refractivity contribution in [3.63, 3.8) is 0 Å². The summed E-state index contributed by atoms with van der Waals surface area (Å²) in [4.78, 5) is 2.49. The molecule has 0 aromatic carbocycles. The van der Waals surface area contributed by atoms with Gasteiger partial charge < -0.3 is 21.1 Å². The minimum absolute atomic E-state index is 0.172. The predicted octanol–water partition coefficient (Wildman–Crippen LogP) is 0.552. The zero-order chi connectivity index (χ0) is 12.6. The Bertz CT molecular complexity index is 191. The van der Waals surface area contributed by atoms with Crippen LogP contribution in [0.2, 0.25) is 0 Å². The van der Waals surface area contributed by atoms with Crippen LogP contribution in [-0.4, -0.2) is 54.9 Å². The molecule has 4 N–H and O–H groups in total. The van der Waals surface area contributed by atoms with Crippen LogP contribution in [0.3, 0.4) is 0 Å². The summed E-state index contributed by atoms with van der Waals surface area (Å²) in [6, 6.07) is 0. The van der Waals surface area contributed by atoms with E-state index >= 15 is 0 Å². The maximum atomic E-state index is 8.72. The minimum atomic E-state index is 0.172. The molecule has 0 amide bonds. The molecule has 1 fully saturated rings. The minimum Gasteiger partial charge on any atom is -0.396 e. The van der Waals surface area contributed by atoms with Crippen LogP contribution in [0.1, 0.15) is 39.0 Å². The lowest BCUT2D eigenvalue weighted by molar-refractivity contribution is 0.144. The zero-order valence-corrected chi connectivity index (χ0v) is 11.2. The van der Waals surface area contributed by atoms with Crippen LogP contribution in [0.15, 0.2) is 0 Å². The smallest absolute Gasteiger partial charge is 0.0431 e. The maximum Gasteiger partial charge on any atom is 0.0431 e. The van der Waals surface area contributed by atoms with Gasteiger partial charge in [0, 0.05) is 18.7 Å². The van der Waals surface area contributed by atoms with Crippen LogP contribution in [-0.2, 0) is 0 Å². The van der Waals surface area contributed by atoms with Crippen molar-refractivity contribution >= 4 is 0 Å². The molecular weight excluding hydrogens is 214 g/mol. The summed E-state index contributed by atoms with van der Waals surface area (Å²) in [5, 5.41) is 12.4. The topological polar surface area (TPSA) is 61.5 Å². The zero-order valence-electron chi connectivity index (χ0n) is 11.2. The lowest BCUT2D eigenvalue weighted by Crippen LogP contribution is -2.57. The van der Waals surface area contributed by atoms with Gasteiger partial charge in [-0.2, -0.15) is 0 Å². The van der Waals surface area contributed by atoms with Crippen molar-refractivity contribution in [1.82, 2.24) is 10.2 Å². The Kier molecular flexibility index (Phi) is 7.04. The molecule has 1 aliphatic heterocycles. The second-order valence-electron chi connectivity index (χ2n) is 5.13. The summed E-state index contributed by atoms with van der Waals surface area (Å²) in [6.07, 6.45) is 5.49. The molecule has 0 bridgehead atoms. The van der Waals surface area contributed by atoms with Crippen molar-refractivity contribution in [2.45, 2.75) is 44.6 Å². The molecule has 4 nitrogen and oxygen atoms in total. The number of aliphatic hydroxyl groups is 1. The molecule has 1 heterocycles. The highest BCUT2D eigenvalue weighted by Crippen LogP contribution is 2.21. The van der Waals surface area contributed by atoms with Gasteiger partial charge >= 0.3 is 0 Å². The van der Waals surface area contributed by atoms with Gasteiger partial charge in [-0.25, -0.2) is 0 Å². The van der Waals surface area contributed by atoms with E-state index in [-0.39, 0.29) is 5.54 Å². The van der Waals surface area contributed by atoms with Crippen LogP contribution in [0.25, 0.3) is 0 Å². The fraction of sp³-hybridized carbons (Fsp3) is 1.00. The van der Waals surface area contributed by atoms with Gasteiger partial charge in [-0.15, -0.1) is 0 Å². The number of hydrogen-bond acceptors (Lipinski definition) is 4. The Morgan fingerprint density at radius 1 is 1.24 bits per heavy atom. The molecule has 17 heavy (non-hydrogen) atoms. The lowest BCUT2D eigenvalue weighted by Gasteiger charge is -2.41. The summed E-state index contributed by atoms with van der Waals surface area (Å²) in [7, 11) is 0. The highest BCUT2D eigenvalue weighted by Gasteiger charge is 2.31. The first-order valence-corrected chi connectivity index (χ1v) is 7.04. The van der Waals surface area contributed by atoms with Crippen LogP contribution in [0.5, 0.6) is 0 Å². The van der Waals surface area contributed by atoms with E-state index in [1.807, 2.05) is 0 Å². The van der Waals surface area contributed by atoms with Crippen molar-refractivity contribution in [2.75, 3.05) is 39.3 Å². The van der Waals surface area contributed by atoms with Gasteiger partial charge in [0.15, 0.2) is 0 Å². The van der Waals surface area contributed by atoms with Crippen LogP contribution >= 0.6 is 0 Å². The molecule has 102 valence electrons. The Balaban J connectivity index is 2.22. The summed E-state index contributed by atoms with van der Waals surface area (Å²) < 4.78 is 0. The fourth-order valence-electron chi connectivity index (χ4n) is 2.52. The third-order valence-corrected chi connectivity index (χ3v) is 3.99. The Morgan fingerprint density at radius 3 is 2.47 bits per heavy atom. The molecule has 1 saturated heterocycles. The van der Waals surface area contributed by atoms with Gasteiger partial charge in [0.05, 0.1) is 0 Å². The molecule has 0 radical (unpaired) electrons. The average molecular weight is 243 g/mol. The molecule has 0 aromatic heterocycles. The van der Waals surface area contributed by atoms with Crippen molar-refractivity contribution < 1.29 is 5.11 Å². The molecule has 0 atom stereocenters. The van der Waals surface area contributed by atoms with Crippen molar-refractivity contribution in [3.05, 3.63) is 0 Å². The molecule has 0 aliphatic carbocycles. The van der Waals surface area contributed by atoms with E-state index in [4.69, 9.17) is 10.8 Å². The van der Waals surface area contributed by atoms with E-state index in [0.717, 1.165) is 64.8 Å². The maximum absolute atomic E-state index is 8.72. The molecule has 0 unspecified atom stereocenters. The van der Waals surface area contributed by atoms with E-state index in [1.165, 1.54) is 0 Å². The summed E-state index contributed by atoms with van der Waals surface area (Å²) in [5.74, 6) is 0. The molecule has 0 saturated carbocycles. The van der Waals surface area contributed by atoms with Crippen LogP contribution < -0.4 is 11.1 Å². The van der Waals surface area contributed by atoms with Gasteiger partial charge in [0.2, 0.25) is 0 Å². The van der Waals surface area contributed by atoms with Crippen molar-refractivity contribution in [1.29, 1.82) is 0 Å². The van der Waals surface area contributed by atoms with Crippen molar-refractivity contribution in [3.8, 4) is 0 Å². The standard InChI is InChI=1S/C13H29N3O/c1-2-16-9-6-13(12-14,7-10-16)15-8-4-3-5-11-17/h15,17H,2-12,14H2,1H3. The Hall–Kier alpha value is -0.160. The second kappa shape index (κ2) is 8.03. The highest BCUT2D eigenvalue weighted by atomic mass is 16.2. The van der Waals surface area contributed by atoms with Gasteiger partial charge in [-0.3, -0.25) is 0 Å². The number of aliphatic hydroxyl groups excluding tert-OH is 1. The molecule has 1 aliphatic rings. The normalized spacial score (nSPS) is 20.6. The molecule has 0 aromatic rings. The van der Waals surface area contributed by atoms with Crippen LogP contribution in [0, 0.1) is 0 Å². The Labute approximate surface area is 106 Å². The van der Waals surface area contributed by atoms with Crippen LogP contribution in [0.4, 0.5) is 0 Å². The van der Waals surface area contributed by atoms with E-state index in [9.17, 15) is 0 Å². The molecule has 4 heteroatoms.